The predicted molar refractivity (Wildman–Crippen MR) is 98.3 cm³/mol. The zero-order valence-corrected chi connectivity index (χ0v) is 15.6. The van der Waals surface area contributed by atoms with Crippen LogP contribution in [0.1, 0.15) is 18.1 Å². The molecule has 7 heteroatoms. The lowest BCUT2D eigenvalue weighted by Gasteiger charge is -2.28. The van der Waals surface area contributed by atoms with Gasteiger partial charge in [-0.1, -0.05) is 24.3 Å². The summed E-state index contributed by atoms with van der Waals surface area (Å²) >= 11 is 0. The van der Waals surface area contributed by atoms with Gasteiger partial charge in [0.05, 0.1) is 4.90 Å². The van der Waals surface area contributed by atoms with Crippen molar-refractivity contribution in [2.45, 2.75) is 30.9 Å². The minimum Gasteiger partial charge on any atom is -0.481 e. The summed E-state index contributed by atoms with van der Waals surface area (Å²) in [5.74, 6) is 0.206. The first-order chi connectivity index (χ1) is 12.4. The Morgan fingerprint density at radius 3 is 2.42 bits per heavy atom. The van der Waals surface area contributed by atoms with Gasteiger partial charge in [-0.3, -0.25) is 4.79 Å². The Labute approximate surface area is 153 Å². The first-order valence-electron chi connectivity index (χ1n) is 8.47. The minimum atomic E-state index is -3.57. The van der Waals surface area contributed by atoms with Crippen molar-refractivity contribution >= 4 is 15.9 Å². The van der Waals surface area contributed by atoms with Gasteiger partial charge in [-0.25, -0.2) is 8.42 Å². The van der Waals surface area contributed by atoms with E-state index in [1.54, 1.807) is 19.1 Å². The Bertz CT molecular complexity index is 894. The average Bonchev–Trinajstić information content (AvgIpc) is 2.67. The highest BCUT2D eigenvalue weighted by Crippen LogP contribution is 2.26. The van der Waals surface area contributed by atoms with Crippen LogP contribution in [0.3, 0.4) is 0 Å². The molecule has 6 nitrogen and oxygen atoms in total. The summed E-state index contributed by atoms with van der Waals surface area (Å²) in [6.07, 6.45) is 0.0568. The number of carbonyl (C=O) groups excluding carboxylic acids is 1. The highest BCUT2D eigenvalue weighted by molar-refractivity contribution is 7.89. The van der Waals surface area contributed by atoms with Crippen molar-refractivity contribution in [2.24, 2.45) is 0 Å². The summed E-state index contributed by atoms with van der Waals surface area (Å²) < 4.78 is 32.8. The molecule has 0 radical (unpaired) electrons. The number of fused-ring (bicyclic) bond motifs is 1. The Morgan fingerprint density at radius 2 is 1.77 bits per heavy atom. The fourth-order valence-electron chi connectivity index (χ4n) is 2.98. The number of likely N-dealkylation sites (N-methyl/N-ethyl adjacent to an activating group) is 1. The second-order valence-corrected chi connectivity index (χ2v) is 8.14. The van der Waals surface area contributed by atoms with Crippen LogP contribution < -0.4 is 10.1 Å². The molecule has 1 aliphatic heterocycles. The number of rotatable bonds is 5. The molecule has 0 bridgehead atoms. The van der Waals surface area contributed by atoms with Crippen molar-refractivity contribution in [3.05, 3.63) is 59.7 Å². The molecular formula is C19H22N2O4S. The Hall–Kier alpha value is -2.38. The van der Waals surface area contributed by atoms with Gasteiger partial charge < -0.3 is 10.1 Å². The third-order valence-electron chi connectivity index (χ3n) is 4.49. The highest BCUT2D eigenvalue weighted by atomic mass is 32.2. The highest BCUT2D eigenvalue weighted by Gasteiger charge is 2.28. The van der Waals surface area contributed by atoms with Crippen molar-refractivity contribution in [1.29, 1.82) is 0 Å². The topological polar surface area (TPSA) is 75.7 Å². The predicted octanol–water partition coefficient (Wildman–Crippen LogP) is 1.95. The van der Waals surface area contributed by atoms with E-state index in [-0.39, 0.29) is 10.8 Å². The van der Waals surface area contributed by atoms with Crippen LogP contribution in [0.5, 0.6) is 5.75 Å². The van der Waals surface area contributed by atoms with Crippen molar-refractivity contribution in [3.8, 4) is 5.75 Å². The molecule has 1 atom stereocenters. The van der Waals surface area contributed by atoms with E-state index in [0.29, 0.717) is 25.3 Å². The number of benzene rings is 2. The van der Waals surface area contributed by atoms with Gasteiger partial charge in [0, 0.05) is 20.1 Å². The number of hydrogen-bond acceptors (Lipinski definition) is 4. The SMILES string of the molecule is CNC(=O)[C@H](C)Oc1ccc(S(=O)(=O)N2CCc3ccccc3C2)cc1. The zero-order valence-electron chi connectivity index (χ0n) is 14.8. The van der Waals surface area contributed by atoms with E-state index in [4.69, 9.17) is 4.74 Å². The zero-order chi connectivity index (χ0) is 18.7. The van der Waals surface area contributed by atoms with E-state index >= 15 is 0 Å². The lowest BCUT2D eigenvalue weighted by atomic mass is 10.0. The van der Waals surface area contributed by atoms with E-state index in [2.05, 4.69) is 5.32 Å². The Morgan fingerprint density at radius 1 is 1.12 bits per heavy atom. The number of amides is 1. The molecule has 1 aliphatic rings. The molecule has 0 aromatic heterocycles. The Balaban J connectivity index is 1.75. The molecule has 3 rings (SSSR count). The molecule has 0 saturated heterocycles. The normalized spacial score (nSPS) is 15.8. The molecule has 0 spiro atoms. The van der Waals surface area contributed by atoms with Gasteiger partial charge in [-0.05, 0) is 48.7 Å². The third-order valence-corrected chi connectivity index (χ3v) is 6.35. The van der Waals surface area contributed by atoms with Crippen LogP contribution >= 0.6 is 0 Å². The summed E-state index contributed by atoms with van der Waals surface area (Å²) in [6, 6.07) is 14.1. The molecule has 138 valence electrons. The first-order valence-corrected chi connectivity index (χ1v) is 9.91. The number of carbonyl (C=O) groups is 1. The van der Waals surface area contributed by atoms with Gasteiger partial charge in [-0.2, -0.15) is 4.31 Å². The minimum absolute atomic E-state index is 0.219. The fourth-order valence-corrected chi connectivity index (χ4v) is 4.39. The van der Waals surface area contributed by atoms with Crippen LogP contribution in [0.2, 0.25) is 0 Å². The van der Waals surface area contributed by atoms with Crippen molar-refractivity contribution in [1.82, 2.24) is 9.62 Å². The van der Waals surface area contributed by atoms with Gasteiger partial charge >= 0.3 is 0 Å². The van der Waals surface area contributed by atoms with Crippen LogP contribution in [0, 0.1) is 0 Å². The number of sulfonamides is 1. The van der Waals surface area contributed by atoms with Crippen molar-refractivity contribution in [3.63, 3.8) is 0 Å². The number of nitrogens with zero attached hydrogens (tertiary/aromatic N) is 1. The first kappa shape index (κ1) is 18.4. The summed E-state index contributed by atoms with van der Waals surface area (Å²) in [6.45, 7) is 2.48. The number of nitrogens with one attached hydrogen (secondary N) is 1. The molecule has 2 aromatic carbocycles. The van der Waals surface area contributed by atoms with Crippen LogP contribution in [0.15, 0.2) is 53.4 Å². The summed E-state index contributed by atoms with van der Waals surface area (Å²) in [5.41, 5.74) is 2.24. The molecule has 0 aliphatic carbocycles. The van der Waals surface area contributed by atoms with Gasteiger partial charge in [0.25, 0.3) is 5.91 Å². The summed E-state index contributed by atoms with van der Waals surface area (Å²) in [7, 11) is -2.04. The molecule has 1 N–H and O–H groups in total. The average molecular weight is 374 g/mol. The molecular weight excluding hydrogens is 352 g/mol. The fraction of sp³-hybridized carbons (Fsp3) is 0.316. The van der Waals surface area contributed by atoms with E-state index < -0.39 is 16.1 Å². The molecule has 1 heterocycles. The van der Waals surface area contributed by atoms with E-state index in [0.717, 1.165) is 5.56 Å². The largest absolute Gasteiger partial charge is 0.481 e. The van der Waals surface area contributed by atoms with E-state index in [1.165, 1.54) is 29.0 Å². The van der Waals surface area contributed by atoms with Crippen LogP contribution in [0.25, 0.3) is 0 Å². The lowest BCUT2D eigenvalue weighted by molar-refractivity contribution is -0.126. The second kappa shape index (κ2) is 7.47. The molecule has 2 aromatic rings. The van der Waals surface area contributed by atoms with Gasteiger partial charge in [-0.15, -0.1) is 0 Å². The van der Waals surface area contributed by atoms with Gasteiger partial charge in [0.15, 0.2) is 6.10 Å². The molecule has 1 amide bonds. The lowest BCUT2D eigenvalue weighted by Crippen LogP contribution is -2.36. The molecule has 0 unspecified atom stereocenters. The van der Waals surface area contributed by atoms with Crippen LogP contribution in [0.4, 0.5) is 0 Å². The van der Waals surface area contributed by atoms with Gasteiger partial charge in [0.1, 0.15) is 5.75 Å². The number of hydrogen-bond donors (Lipinski definition) is 1. The van der Waals surface area contributed by atoms with Crippen LogP contribution in [-0.2, 0) is 27.8 Å². The standard InChI is InChI=1S/C19H22N2O4S/c1-14(19(22)20-2)25-17-7-9-18(10-8-17)26(23,24)21-12-11-15-5-3-4-6-16(15)13-21/h3-10,14H,11-13H2,1-2H3,(H,20,22)/t14-/m0/s1. The third kappa shape index (κ3) is 3.73. The molecule has 0 fully saturated rings. The Kier molecular flexibility index (Phi) is 5.29. The monoisotopic (exact) mass is 374 g/mol. The molecule has 0 saturated carbocycles. The quantitative estimate of drug-likeness (QED) is 0.868. The van der Waals surface area contributed by atoms with Crippen LogP contribution in [-0.4, -0.2) is 38.3 Å². The maximum absolute atomic E-state index is 12.9. The summed E-state index contributed by atoms with van der Waals surface area (Å²) in [5, 5.41) is 2.51. The summed E-state index contributed by atoms with van der Waals surface area (Å²) in [4.78, 5) is 11.7. The molecule has 26 heavy (non-hydrogen) atoms. The van der Waals surface area contributed by atoms with E-state index in [1.807, 2.05) is 24.3 Å². The number of ether oxygens (including phenoxy) is 1. The van der Waals surface area contributed by atoms with Crippen molar-refractivity contribution in [2.75, 3.05) is 13.6 Å². The van der Waals surface area contributed by atoms with E-state index in [9.17, 15) is 13.2 Å². The smallest absolute Gasteiger partial charge is 0.260 e. The van der Waals surface area contributed by atoms with Gasteiger partial charge in [0.2, 0.25) is 10.0 Å². The maximum Gasteiger partial charge on any atom is 0.260 e. The van der Waals surface area contributed by atoms with Crippen molar-refractivity contribution < 1.29 is 17.9 Å². The second-order valence-electron chi connectivity index (χ2n) is 6.20. The maximum atomic E-state index is 12.9.